The molecule has 2 amide bonds. The van der Waals surface area contributed by atoms with E-state index in [4.69, 9.17) is 28.4 Å². The van der Waals surface area contributed by atoms with Crippen molar-refractivity contribution in [1.82, 2.24) is 9.80 Å². The third-order valence-corrected chi connectivity index (χ3v) is 8.49. The van der Waals surface area contributed by atoms with Crippen LogP contribution in [0, 0.1) is 5.92 Å². The summed E-state index contributed by atoms with van der Waals surface area (Å²) in [4.78, 5) is 31.5. The van der Waals surface area contributed by atoms with Crippen LogP contribution in [0.25, 0.3) is 0 Å². The molecule has 1 atom stereocenters. The molecule has 0 aromatic heterocycles. The quantitative estimate of drug-likeness (QED) is 0.362. The standard InChI is InChI=1S/C32H44N2O8/c1-37-25-16-22(17-26(38-2)29(25)41-5)31(35)33-14-15-34(24(20-33)13-12-21-10-8-7-9-11-21)32(36)23-18-27(39-3)30(42-6)28(19-23)40-4/h16-19,21,24H,7-15,20H2,1-6H3. The summed E-state index contributed by atoms with van der Waals surface area (Å²) in [5, 5.41) is 0. The summed E-state index contributed by atoms with van der Waals surface area (Å²) in [7, 11) is 9.19. The van der Waals surface area contributed by atoms with Crippen LogP contribution in [0.1, 0.15) is 65.7 Å². The molecule has 0 radical (unpaired) electrons. The molecule has 2 aliphatic rings. The van der Waals surface area contributed by atoms with Gasteiger partial charge in [-0.25, -0.2) is 0 Å². The highest BCUT2D eigenvalue weighted by molar-refractivity contribution is 5.97. The molecule has 1 saturated heterocycles. The maximum atomic E-state index is 14.0. The number of rotatable bonds is 11. The monoisotopic (exact) mass is 584 g/mol. The van der Waals surface area contributed by atoms with E-state index in [0.29, 0.717) is 71.2 Å². The topological polar surface area (TPSA) is 96.0 Å². The third-order valence-electron chi connectivity index (χ3n) is 8.49. The Morgan fingerprint density at radius 3 is 1.57 bits per heavy atom. The van der Waals surface area contributed by atoms with Crippen molar-refractivity contribution in [2.45, 2.75) is 51.0 Å². The molecule has 4 rings (SSSR count). The van der Waals surface area contributed by atoms with Gasteiger partial charge in [0, 0.05) is 36.8 Å². The smallest absolute Gasteiger partial charge is 0.254 e. The van der Waals surface area contributed by atoms with E-state index in [1.807, 2.05) is 9.80 Å². The van der Waals surface area contributed by atoms with Gasteiger partial charge in [-0.3, -0.25) is 9.59 Å². The summed E-state index contributed by atoms with van der Waals surface area (Å²) in [6.07, 6.45) is 8.10. The van der Waals surface area contributed by atoms with Crippen molar-refractivity contribution in [2.24, 2.45) is 5.92 Å². The third kappa shape index (κ3) is 6.63. The Morgan fingerprint density at radius 2 is 1.12 bits per heavy atom. The van der Waals surface area contributed by atoms with E-state index >= 15 is 0 Å². The van der Waals surface area contributed by atoms with E-state index in [0.717, 1.165) is 12.8 Å². The van der Waals surface area contributed by atoms with Crippen LogP contribution >= 0.6 is 0 Å². The van der Waals surface area contributed by atoms with Gasteiger partial charge in [-0.15, -0.1) is 0 Å². The fourth-order valence-electron chi connectivity index (χ4n) is 6.22. The number of carbonyl (C=O) groups excluding carboxylic acids is 2. The number of methoxy groups -OCH3 is 6. The van der Waals surface area contributed by atoms with Gasteiger partial charge in [-0.2, -0.15) is 0 Å². The highest BCUT2D eigenvalue weighted by Crippen LogP contribution is 2.40. The van der Waals surface area contributed by atoms with E-state index in [2.05, 4.69) is 0 Å². The molecule has 1 aliphatic heterocycles. The molecule has 1 heterocycles. The lowest BCUT2D eigenvalue weighted by atomic mass is 9.84. The fourth-order valence-corrected chi connectivity index (χ4v) is 6.22. The minimum absolute atomic E-state index is 0.122. The number of benzene rings is 2. The van der Waals surface area contributed by atoms with E-state index < -0.39 is 0 Å². The fraction of sp³-hybridized carbons (Fsp3) is 0.562. The molecular formula is C32H44N2O8. The van der Waals surface area contributed by atoms with Gasteiger partial charge in [-0.1, -0.05) is 32.1 Å². The van der Waals surface area contributed by atoms with Gasteiger partial charge in [0.1, 0.15) is 0 Å². The second kappa shape index (κ2) is 14.4. The normalized spacial score (nSPS) is 17.4. The molecule has 0 spiro atoms. The van der Waals surface area contributed by atoms with E-state index in [1.54, 1.807) is 24.3 Å². The Bertz CT molecular complexity index is 1190. The average molecular weight is 585 g/mol. The van der Waals surface area contributed by atoms with Crippen LogP contribution < -0.4 is 28.4 Å². The molecular weight excluding hydrogens is 540 g/mol. The van der Waals surface area contributed by atoms with Gasteiger partial charge in [0.25, 0.3) is 11.8 Å². The van der Waals surface area contributed by atoms with Gasteiger partial charge < -0.3 is 38.2 Å². The molecule has 1 aliphatic carbocycles. The Kier molecular flexibility index (Phi) is 10.7. The molecule has 2 aromatic rings. The molecule has 42 heavy (non-hydrogen) atoms. The summed E-state index contributed by atoms with van der Waals surface area (Å²) in [5.74, 6) is 2.95. The second-order valence-electron chi connectivity index (χ2n) is 10.8. The molecule has 10 nitrogen and oxygen atoms in total. The van der Waals surface area contributed by atoms with E-state index in [-0.39, 0.29) is 17.9 Å². The zero-order valence-electron chi connectivity index (χ0n) is 25.7. The minimum atomic E-state index is -0.142. The minimum Gasteiger partial charge on any atom is -0.493 e. The summed E-state index contributed by atoms with van der Waals surface area (Å²) < 4.78 is 32.8. The van der Waals surface area contributed by atoms with Crippen molar-refractivity contribution >= 4 is 11.8 Å². The Hall–Kier alpha value is -3.82. The lowest BCUT2D eigenvalue weighted by Gasteiger charge is -2.42. The first-order valence-corrected chi connectivity index (χ1v) is 14.6. The Balaban J connectivity index is 1.61. The molecule has 10 heteroatoms. The first-order chi connectivity index (χ1) is 20.4. The average Bonchev–Trinajstić information content (AvgIpc) is 3.05. The second-order valence-corrected chi connectivity index (χ2v) is 10.8. The Labute approximate surface area is 248 Å². The summed E-state index contributed by atoms with van der Waals surface area (Å²) in [5.41, 5.74) is 0.900. The van der Waals surface area contributed by atoms with Crippen molar-refractivity contribution in [2.75, 3.05) is 62.3 Å². The van der Waals surface area contributed by atoms with Crippen LogP contribution in [-0.2, 0) is 0 Å². The molecule has 1 unspecified atom stereocenters. The zero-order valence-corrected chi connectivity index (χ0v) is 25.7. The maximum Gasteiger partial charge on any atom is 0.254 e. The molecule has 0 N–H and O–H groups in total. The number of carbonyl (C=O) groups is 2. The number of ether oxygens (including phenoxy) is 6. The predicted molar refractivity (Wildman–Crippen MR) is 159 cm³/mol. The highest BCUT2D eigenvalue weighted by atomic mass is 16.5. The van der Waals surface area contributed by atoms with Gasteiger partial charge in [-0.05, 0) is 43.0 Å². The van der Waals surface area contributed by atoms with Crippen molar-refractivity contribution in [3.63, 3.8) is 0 Å². The van der Waals surface area contributed by atoms with Crippen molar-refractivity contribution < 1.29 is 38.0 Å². The zero-order chi connectivity index (χ0) is 30.2. The van der Waals surface area contributed by atoms with Crippen molar-refractivity contribution in [3.05, 3.63) is 35.4 Å². The Morgan fingerprint density at radius 1 is 0.643 bits per heavy atom. The van der Waals surface area contributed by atoms with Crippen LogP contribution in [0.3, 0.4) is 0 Å². The van der Waals surface area contributed by atoms with Crippen LogP contribution in [-0.4, -0.2) is 89.9 Å². The number of hydrogen-bond acceptors (Lipinski definition) is 8. The number of hydrogen-bond donors (Lipinski definition) is 0. The molecule has 2 aromatic carbocycles. The van der Waals surface area contributed by atoms with Crippen LogP contribution in [0.5, 0.6) is 34.5 Å². The molecule has 2 fully saturated rings. The first kappa shape index (κ1) is 31.1. The van der Waals surface area contributed by atoms with Crippen LogP contribution in [0.2, 0.25) is 0 Å². The van der Waals surface area contributed by atoms with Crippen LogP contribution in [0.15, 0.2) is 24.3 Å². The number of nitrogens with zero attached hydrogens (tertiary/aromatic N) is 2. The number of amides is 2. The van der Waals surface area contributed by atoms with Crippen molar-refractivity contribution in [3.8, 4) is 34.5 Å². The summed E-state index contributed by atoms with van der Waals surface area (Å²) in [6.45, 7) is 1.23. The predicted octanol–water partition coefficient (Wildman–Crippen LogP) is 5.07. The number of piperazine rings is 1. The van der Waals surface area contributed by atoms with E-state index in [1.165, 1.54) is 74.8 Å². The molecule has 0 bridgehead atoms. The highest BCUT2D eigenvalue weighted by Gasteiger charge is 2.35. The lowest BCUT2D eigenvalue weighted by molar-refractivity contribution is 0.0357. The molecule has 230 valence electrons. The van der Waals surface area contributed by atoms with Gasteiger partial charge in [0.15, 0.2) is 23.0 Å². The lowest BCUT2D eigenvalue weighted by Crippen LogP contribution is -2.56. The largest absolute Gasteiger partial charge is 0.493 e. The van der Waals surface area contributed by atoms with Crippen LogP contribution in [0.4, 0.5) is 0 Å². The maximum absolute atomic E-state index is 14.0. The van der Waals surface area contributed by atoms with E-state index in [9.17, 15) is 9.59 Å². The first-order valence-electron chi connectivity index (χ1n) is 14.6. The SMILES string of the molecule is COc1cc(C(=O)N2CCN(C(=O)c3cc(OC)c(OC)c(OC)c3)C(CCC3CCCCC3)C2)cc(OC)c1OC. The van der Waals surface area contributed by atoms with Gasteiger partial charge >= 0.3 is 0 Å². The summed E-state index contributed by atoms with van der Waals surface area (Å²) in [6, 6.07) is 6.59. The van der Waals surface area contributed by atoms with Gasteiger partial charge in [0.2, 0.25) is 11.5 Å². The van der Waals surface area contributed by atoms with Gasteiger partial charge in [0.05, 0.1) is 42.7 Å². The molecule has 1 saturated carbocycles. The van der Waals surface area contributed by atoms with Crippen molar-refractivity contribution in [1.29, 1.82) is 0 Å². The summed E-state index contributed by atoms with van der Waals surface area (Å²) >= 11 is 0.